The monoisotopic (exact) mass is 280 g/mol. The number of nitrogens with two attached hydrogens (primary N) is 1. The second-order valence-corrected chi connectivity index (χ2v) is 4.92. The minimum atomic E-state index is 0.115. The van der Waals surface area contributed by atoms with Gasteiger partial charge in [-0.1, -0.05) is 35.5 Å². The van der Waals surface area contributed by atoms with E-state index in [1.807, 2.05) is 49.4 Å². The van der Waals surface area contributed by atoms with Crippen molar-refractivity contribution in [2.24, 2.45) is 10.9 Å². The normalized spacial score (nSPS) is 12.0. The van der Waals surface area contributed by atoms with Crippen LogP contribution in [0.5, 0.6) is 0 Å². The Hall–Kier alpha value is -2.82. The number of para-hydroxylation sites is 2. The molecule has 0 fully saturated rings. The van der Waals surface area contributed by atoms with Gasteiger partial charge in [-0.3, -0.25) is 0 Å². The molecule has 1 heterocycles. The van der Waals surface area contributed by atoms with Crippen molar-refractivity contribution in [3.8, 4) is 0 Å². The van der Waals surface area contributed by atoms with Crippen LogP contribution >= 0.6 is 0 Å². The second kappa shape index (κ2) is 5.28. The Morgan fingerprint density at radius 2 is 2.05 bits per heavy atom. The van der Waals surface area contributed by atoms with Crippen LogP contribution in [0.1, 0.15) is 17.0 Å². The molecule has 0 saturated carbocycles. The molecule has 0 amide bonds. The van der Waals surface area contributed by atoms with E-state index in [1.165, 1.54) is 0 Å². The summed E-state index contributed by atoms with van der Waals surface area (Å²) in [5, 5.41) is 11.8. The summed E-state index contributed by atoms with van der Waals surface area (Å²) in [6, 6.07) is 15.7. The highest BCUT2D eigenvalue weighted by molar-refractivity contribution is 5.97. The quantitative estimate of drug-likeness (QED) is 0.335. The Kier molecular flexibility index (Phi) is 3.31. The van der Waals surface area contributed by atoms with Gasteiger partial charge in [-0.05, 0) is 30.7 Å². The average Bonchev–Trinajstić information content (AvgIpc) is 2.83. The lowest BCUT2D eigenvalue weighted by molar-refractivity contribution is 0.318. The lowest BCUT2D eigenvalue weighted by atomic mass is 10.1. The zero-order chi connectivity index (χ0) is 14.8. The molecule has 0 aliphatic rings. The zero-order valence-electron chi connectivity index (χ0n) is 11.7. The number of hydrogen-bond donors (Lipinski definition) is 2. The standard InChI is InChI=1S/C16H16N4O/c1-11-18-14-7-2-3-8-15(14)20(11)10-12-5-4-6-13(9-12)16(17)19-21/h2-9,21H,10H2,1H3,(H2,17,19). The summed E-state index contributed by atoms with van der Waals surface area (Å²) in [6.45, 7) is 2.69. The molecule has 2 aromatic carbocycles. The summed E-state index contributed by atoms with van der Waals surface area (Å²) in [5.74, 6) is 1.08. The highest BCUT2D eigenvalue weighted by Gasteiger charge is 2.08. The summed E-state index contributed by atoms with van der Waals surface area (Å²) >= 11 is 0. The van der Waals surface area contributed by atoms with Crippen LogP contribution in [0.25, 0.3) is 11.0 Å². The van der Waals surface area contributed by atoms with E-state index in [0.29, 0.717) is 12.1 Å². The molecule has 3 rings (SSSR count). The molecule has 21 heavy (non-hydrogen) atoms. The molecule has 1 aromatic heterocycles. The lowest BCUT2D eigenvalue weighted by Crippen LogP contribution is -2.13. The minimum absolute atomic E-state index is 0.115. The fourth-order valence-corrected chi connectivity index (χ4v) is 2.46. The molecular weight excluding hydrogens is 264 g/mol. The molecule has 0 aliphatic heterocycles. The number of fused-ring (bicyclic) bond motifs is 1. The maximum Gasteiger partial charge on any atom is 0.170 e. The maximum atomic E-state index is 8.77. The third kappa shape index (κ3) is 2.45. The van der Waals surface area contributed by atoms with Gasteiger partial charge in [0.05, 0.1) is 11.0 Å². The number of aryl methyl sites for hydroxylation is 1. The van der Waals surface area contributed by atoms with Crippen molar-refractivity contribution < 1.29 is 5.21 Å². The fourth-order valence-electron chi connectivity index (χ4n) is 2.46. The van der Waals surface area contributed by atoms with Crippen LogP contribution in [0.3, 0.4) is 0 Å². The van der Waals surface area contributed by atoms with Crippen LogP contribution in [-0.4, -0.2) is 20.6 Å². The Balaban J connectivity index is 2.01. The van der Waals surface area contributed by atoms with E-state index in [1.54, 1.807) is 0 Å². The van der Waals surface area contributed by atoms with Gasteiger partial charge in [-0.25, -0.2) is 4.98 Å². The number of aromatic nitrogens is 2. The Morgan fingerprint density at radius 1 is 1.24 bits per heavy atom. The van der Waals surface area contributed by atoms with Crippen LogP contribution < -0.4 is 5.73 Å². The molecule has 0 atom stereocenters. The third-order valence-corrected chi connectivity index (χ3v) is 3.52. The molecule has 3 N–H and O–H groups in total. The van der Waals surface area contributed by atoms with Gasteiger partial charge in [-0.15, -0.1) is 0 Å². The second-order valence-electron chi connectivity index (χ2n) is 4.92. The van der Waals surface area contributed by atoms with Crippen LogP contribution in [0.15, 0.2) is 53.7 Å². The number of nitrogens with zero attached hydrogens (tertiary/aromatic N) is 3. The zero-order valence-corrected chi connectivity index (χ0v) is 11.7. The fraction of sp³-hybridized carbons (Fsp3) is 0.125. The predicted octanol–water partition coefficient (Wildman–Crippen LogP) is 2.49. The Morgan fingerprint density at radius 3 is 2.86 bits per heavy atom. The molecule has 0 spiro atoms. The van der Waals surface area contributed by atoms with Gasteiger partial charge in [0.1, 0.15) is 5.82 Å². The van der Waals surface area contributed by atoms with Crippen molar-refractivity contribution in [3.63, 3.8) is 0 Å². The molecule has 0 unspecified atom stereocenters. The van der Waals surface area contributed by atoms with Gasteiger partial charge >= 0.3 is 0 Å². The van der Waals surface area contributed by atoms with E-state index in [-0.39, 0.29) is 5.84 Å². The SMILES string of the molecule is Cc1nc2ccccc2n1Cc1cccc(/C(N)=N/O)c1. The summed E-state index contributed by atoms with van der Waals surface area (Å²) in [7, 11) is 0. The topological polar surface area (TPSA) is 76.4 Å². The van der Waals surface area contributed by atoms with Crippen LogP contribution in [-0.2, 0) is 6.54 Å². The molecule has 3 aromatic rings. The molecule has 5 nitrogen and oxygen atoms in total. The number of oxime groups is 1. The lowest BCUT2D eigenvalue weighted by Gasteiger charge is -2.08. The Bertz CT molecular complexity index is 820. The van der Waals surface area contributed by atoms with Crippen LogP contribution in [0.4, 0.5) is 0 Å². The first kappa shape index (κ1) is 13.2. The first-order valence-corrected chi connectivity index (χ1v) is 6.68. The number of amidine groups is 1. The molecule has 0 bridgehead atoms. The van der Waals surface area contributed by atoms with Crippen molar-refractivity contribution in [3.05, 3.63) is 65.5 Å². The van der Waals surface area contributed by atoms with Gasteiger partial charge in [0.25, 0.3) is 0 Å². The van der Waals surface area contributed by atoms with Gasteiger partial charge in [0, 0.05) is 12.1 Å². The molecule has 0 radical (unpaired) electrons. The van der Waals surface area contributed by atoms with Crippen molar-refractivity contribution in [2.45, 2.75) is 13.5 Å². The van der Waals surface area contributed by atoms with E-state index in [2.05, 4.69) is 20.8 Å². The van der Waals surface area contributed by atoms with Crippen molar-refractivity contribution in [1.29, 1.82) is 0 Å². The Labute approximate surface area is 122 Å². The molecule has 0 aliphatic carbocycles. The van der Waals surface area contributed by atoms with Crippen molar-refractivity contribution >= 4 is 16.9 Å². The molecule has 106 valence electrons. The van der Waals surface area contributed by atoms with E-state index < -0.39 is 0 Å². The first-order valence-electron chi connectivity index (χ1n) is 6.68. The van der Waals surface area contributed by atoms with E-state index in [4.69, 9.17) is 10.9 Å². The van der Waals surface area contributed by atoms with Crippen molar-refractivity contribution in [2.75, 3.05) is 0 Å². The van der Waals surface area contributed by atoms with Crippen LogP contribution in [0.2, 0.25) is 0 Å². The predicted molar refractivity (Wildman–Crippen MR) is 82.5 cm³/mol. The van der Waals surface area contributed by atoms with Gasteiger partial charge in [0.15, 0.2) is 5.84 Å². The smallest absolute Gasteiger partial charge is 0.170 e. The summed E-state index contributed by atoms with van der Waals surface area (Å²) < 4.78 is 2.15. The molecule has 5 heteroatoms. The molecular formula is C16H16N4O. The van der Waals surface area contributed by atoms with Crippen molar-refractivity contribution in [1.82, 2.24) is 9.55 Å². The first-order chi connectivity index (χ1) is 10.2. The number of hydrogen-bond acceptors (Lipinski definition) is 3. The van der Waals surface area contributed by atoms with E-state index in [9.17, 15) is 0 Å². The van der Waals surface area contributed by atoms with Crippen LogP contribution in [0, 0.1) is 6.92 Å². The molecule has 0 saturated heterocycles. The van der Waals surface area contributed by atoms with E-state index in [0.717, 1.165) is 22.4 Å². The highest BCUT2D eigenvalue weighted by Crippen LogP contribution is 2.17. The number of benzene rings is 2. The average molecular weight is 280 g/mol. The third-order valence-electron chi connectivity index (χ3n) is 3.52. The number of imidazole rings is 1. The van der Waals surface area contributed by atoms with Gasteiger partial charge in [0.2, 0.25) is 0 Å². The largest absolute Gasteiger partial charge is 0.409 e. The van der Waals surface area contributed by atoms with Gasteiger partial charge in [-0.2, -0.15) is 0 Å². The number of rotatable bonds is 3. The minimum Gasteiger partial charge on any atom is -0.409 e. The summed E-state index contributed by atoms with van der Waals surface area (Å²) in [4.78, 5) is 4.56. The van der Waals surface area contributed by atoms with E-state index >= 15 is 0 Å². The summed E-state index contributed by atoms with van der Waals surface area (Å²) in [5.41, 5.74) is 9.51. The highest BCUT2D eigenvalue weighted by atomic mass is 16.4. The maximum absolute atomic E-state index is 8.77. The summed E-state index contributed by atoms with van der Waals surface area (Å²) in [6.07, 6.45) is 0. The van der Waals surface area contributed by atoms with Gasteiger partial charge < -0.3 is 15.5 Å².